The third-order valence-corrected chi connectivity index (χ3v) is 3.56. The van der Waals surface area contributed by atoms with Crippen molar-refractivity contribution in [2.24, 2.45) is 5.16 Å². The van der Waals surface area contributed by atoms with Crippen LogP contribution >= 0.6 is 0 Å². The summed E-state index contributed by atoms with van der Waals surface area (Å²) >= 11 is 0. The molecule has 19 heavy (non-hydrogen) atoms. The molecule has 2 rings (SSSR count). The van der Waals surface area contributed by atoms with E-state index in [2.05, 4.69) is 5.16 Å². The Morgan fingerprint density at radius 3 is 2.16 bits per heavy atom. The molecule has 0 amide bonds. The second kappa shape index (κ2) is 6.15. The van der Waals surface area contributed by atoms with Gasteiger partial charge in [-0.15, -0.1) is 0 Å². The van der Waals surface area contributed by atoms with Crippen molar-refractivity contribution in [3.8, 4) is 0 Å². The van der Waals surface area contributed by atoms with Crippen molar-refractivity contribution in [3.05, 3.63) is 66.2 Å². The maximum Gasteiger partial charge on any atom is 0.240 e. The summed E-state index contributed by atoms with van der Waals surface area (Å²) in [6.45, 7) is 0.206. The molecule has 1 radical (unpaired) electrons. The first-order chi connectivity index (χ1) is 9.18. The highest BCUT2D eigenvalue weighted by atomic mass is 32.2. The molecular weight excluding hydrogens is 262 g/mol. The number of benzene rings is 2. The van der Waals surface area contributed by atoms with Gasteiger partial charge in [0, 0.05) is 0 Å². The number of nitrogens with zero attached hydrogens (tertiary/aromatic N) is 1. The largest absolute Gasteiger partial charge is 0.390 e. The molecule has 97 valence electrons. The lowest BCUT2D eigenvalue weighted by Gasteiger charge is -1.99. The topological polar surface area (TPSA) is 55.7 Å². The zero-order valence-electron chi connectivity index (χ0n) is 10.1. The Morgan fingerprint density at radius 2 is 1.53 bits per heavy atom. The van der Waals surface area contributed by atoms with Gasteiger partial charge in [-0.2, -0.15) is 0 Å². The molecule has 0 bridgehead atoms. The molecule has 0 saturated carbocycles. The lowest BCUT2D eigenvalue weighted by atomic mass is 10.2. The summed E-state index contributed by atoms with van der Waals surface area (Å²) in [5.74, 6) is 0. The van der Waals surface area contributed by atoms with Crippen LogP contribution in [0.2, 0.25) is 0 Å². The Morgan fingerprint density at radius 1 is 0.947 bits per heavy atom. The SMILES string of the molecule is O=S(=O)(/[C]=N/OCc1ccccc1)c1ccccc1. The van der Waals surface area contributed by atoms with Crippen LogP contribution in [-0.2, 0) is 21.3 Å². The Labute approximate surface area is 112 Å². The van der Waals surface area contributed by atoms with E-state index in [-0.39, 0.29) is 11.5 Å². The average Bonchev–Trinajstić information content (AvgIpc) is 2.46. The van der Waals surface area contributed by atoms with E-state index in [9.17, 15) is 8.42 Å². The minimum absolute atomic E-state index is 0.141. The van der Waals surface area contributed by atoms with Crippen molar-refractivity contribution < 1.29 is 13.3 Å². The molecular formula is C14H12NO3S. The molecule has 0 heterocycles. The summed E-state index contributed by atoms with van der Waals surface area (Å²) in [6.07, 6.45) is 0. The summed E-state index contributed by atoms with van der Waals surface area (Å²) in [7, 11) is -3.66. The zero-order chi connectivity index (χ0) is 13.6. The van der Waals surface area contributed by atoms with E-state index in [0.29, 0.717) is 0 Å². The third-order valence-electron chi connectivity index (χ3n) is 2.35. The molecule has 0 fully saturated rings. The fourth-order valence-electron chi connectivity index (χ4n) is 1.41. The van der Waals surface area contributed by atoms with Crippen molar-refractivity contribution in [2.45, 2.75) is 11.5 Å². The first kappa shape index (κ1) is 13.3. The van der Waals surface area contributed by atoms with E-state index in [0.717, 1.165) is 5.56 Å². The van der Waals surface area contributed by atoms with Crippen LogP contribution in [0.15, 0.2) is 70.7 Å². The average molecular weight is 274 g/mol. The number of hydrogen-bond acceptors (Lipinski definition) is 4. The van der Waals surface area contributed by atoms with Gasteiger partial charge in [0.2, 0.25) is 15.4 Å². The predicted octanol–water partition coefficient (Wildman–Crippen LogP) is 2.50. The molecule has 0 aliphatic rings. The lowest BCUT2D eigenvalue weighted by Crippen LogP contribution is -2.02. The highest BCUT2D eigenvalue weighted by Crippen LogP contribution is 2.08. The zero-order valence-corrected chi connectivity index (χ0v) is 10.9. The molecule has 0 saturated heterocycles. The van der Waals surface area contributed by atoms with Gasteiger partial charge in [0.25, 0.3) is 0 Å². The van der Waals surface area contributed by atoms with E-state index < -0.39 is 9.84 Å². The van der Waals surface area contributed by atoms with Crippen LogP contribution < -0.4 is 0 Å². The van der Waals surface area contributed by atoms with Gasteiger partial charge < -0.3 is 4.84 Å². The lowest BCUT2D eigenvalue weighted by molar-refractivity contribution is 0.132. The Hall–Kier alpha value is -2.14. The summed E-state index contributed by atoms with van der Waals surface area (Å²) in [4.78, 5) is 5.05. The fourth-order valence-corrected chi connectivity index (χ4v) is 2.18. The quantitative estimate of drug-likeness (QED) is 0.478. The Kier molecular flexibility index (Phi) is 4.30. The standard InChI is InChI=1S/C14H12NO3S/c16-19(17,14-9-5-2-6-10-14)12-15-18-11-13-7-3-1-4-8-13/h1-10H,11H2. The van der Waals surface area contributed by atoms with Crippen LogP contribution in [0.4, 0.5) is 0 Å². The molecule has 0 unspecified atom stereocenters. The van der Waals surface area contributed by atoms with Crippen LogP contribution in [0.1, 0.15) is 5.56 Å². The van der Waals surface area contributed by atoms with Crippen molar-refractivity contribution in [1.29, 1.82) is 0 Å². The number of hydrogen-bond donors (Lipinski definition) is 0. The van der Waals surface area contributed by atoms with E-state index in [1.807, 2.05) is 35.9 Å². The van der Waals surface area contributed by atoms with Crippen molar-refractivity contribution in [1.82, 2.24) is 0 Å². The normalized spacial score (nSPS) is 11.6. The molecule has 0 atom stereocenters. The Balaban J connectivity index is 1.96. The van der Waals surface area contributed by atoms with Gasteiger partial charge in [-0.05, 0) is 17.7 Å². The van der Waals surface area contributed by atoms with Crippen LogP contribution in [-0.4, -0.2) is 14.0 Å². The fraction of sp³-hybridized carbons (Fsp3) is 0.0714. The molecule has 0 aliphatic heterocycles. The van der Waals surface area contributed by atoms with Crippen LogP contribution in [0.5, 0.6) is 0 Å². The van der Waals surface area contributed by atoms with E-state index in [1.165, 1.54) is 12.1 Å². The van der Waals surface area contributed by atoms with Crippen LogP contribution in [0, 0.1) is 0 Å². The molecule has 0 N–H and O–H groups in total. The van der Waals surface area contributed by atoms with Crippen molar-refractivity contribution in [3.63, 3.8) is 0 Å². The second-order valence-corrected chi connectivity index (χ2v) is 5.42. The maximum atomic E-state index is 11.8. The highest BCUT2D eigenvalue weighted by Gasteiger charge is 2.11. The molecule has 0 aromatic heterocycles. The molecule has 2 aromatic rings. The van der Waals surface area contributed by atoms with Crippen molar-refractivity contribution >= 4 is 15.4 Å². The van der Waals surface area contributed by atoms with Gasteiger partial charge in [-0.25, -0.2) is 8.42 Å². The predicted molar refractivity (Wildman–Crippen MR) is 72.3 cm³/mol. The summed E-state index contributed by atoms with van der Waals surface area (Å²) in [6, 6.07) is 17.3. The van der Waals surface area contributed by atoms with Gasteiger partial charge in [-0.3, -0.25) is 0 Å². The van der Waals surface area contributed by atoms with Crippen molar-refractivity contribution in [2.75, 3.05) is 0 Å². The minimum Gasteiger partial charge on any atom is -0.390 e. The van der Waals surface area contributed by atoms with E-state index >= 15 is 0 Å². The smallest absolute Gasteiger partial charge is 0.240 e. The summed E-state index contributed by atoms with van der Waals surface area (Å²) < 4.78 is 23.5. The van der Waals surface area contributed by atoms with E-state index in [4.69, 9.17) is 4.84 Å². The Bertz CT molecular complexity index is 637. The molecule has 5 heteroatoms. The maximum absolute atomic E-state index is 11.8. The first-order valence-electron chi connectivity index (χ1n) is 5.61. The van der Waals surface area contributed by atoms with E-state index in [1.54, 1.807) is 18.2 Å². The second-order valence-electron chi connectivity index (χ2n) is 3.76. The first-order valence-corrected chi connectivity index (χ1v) is 7.09. The van der Waals surface area contributed by atoms with Crippen LogP contribution in [0.25, 0.3) is 0 Å². The molecule has 0 aliphatic carbocycles. The number of rotatable bonds is 5. The number of sulfone groups is 1. The third kappa shape index (κ3) is 3.93. The monoisotopic (exact) mass is 274 g/mol. The molecule has 4 nitrogen and oxygen atoms in total. The summed E-state index contributed by atoms with van der Waals surface area (Å²) in [5.41, 5.74) is 2.93. The molecule has 2 aromatic carbocycles. The van der Waals surface area contributed by atoms with Gasteiger partial charge in [0.1, 0.15) is 6.61 Å². The van der Waals surface area contributed by atoms with Crippen LogP contribution in [0.3, 0.4) is 0 Å². The highest BCUT2D eigenvalue weighted by molar-refractivity contribution is 8.04. The van der Waals surface area contributed by atoms with Gasteiger partial charge in [0.15, 0.2) is 0 Å². The minimum atomic E-state index is -3.66. The van der Waals surface area contributed by atoms with Gasteiger partial charge in [-0.1, -0.05) is 53.7 Å². The van der Waals surface area contributed by atoms with Gasteiger partial charge >= 0.3 is 0 Å². The summed E-state index contributed by atoms with van der Waals surface area (Å²) in [5, 5.41) is 3.38. The van der Waals surface area contributed by atoms with Gasteiger partial charge in [0.05, 0.1) is 4.90 Å². The molecule has 0 spiro atoms.